The van der Waals surface area contributed by atoms with Gasteiger partial charge in [-0.2, -0.15) is 0 Å². The van der Waals surface area contributed by atoms with E-state index in [-0.39, 0.29) is 12.3 Å². The van der Waals surface area contributed by atoms with E-state index in [0.717, 1.165) is 10.4 Å². The molecule has 0 aliphatic heterocycles. The standard InChI is InChI=1S/C13H14N2O4S/c1-4-18-13(17)10-7(2)8(3)20-12(10)14-11(16)9-5-6-19-15-9/h5-6H,4H2,1-3H3,(H,14,16). The van der Waals surface area contributed by atoms with Crippen LogP contribution in [0.2, 0.25) is 0 Å². The van der Waals surface area contributed by atoms with Gasteiger partial charge < -0.3 is 14.6 Å². The molecular formula is C13H14N2O4S. The maximum atomic E-state index is 12.0. The largest absolute Gasteiger partial charge is 0.462 e. The van der Waals surface area contributed by atoms with Crippen LogP contribution < -0.4 is 5.32 Å². The van der Waals surface area contributed by atoms with E-state index < -0.39 is 11.9 Å². The minimum absolute atomic E-state index is 0.156. The summed E-state index contributed by atoms with van der Waals surface area (Å²) < 4.78 is 9.64. The molecule has 2 aromatic rings. The summed E-state index contributed by atoms with van der Waals surface area (Å²) in [6.45, 7) is 5.72. The molecule has 0 spiro atoms. The Morgan fingerprint density at radius 1 is 1.45 bits per heavy atom. The monoisotopic (exact) mass is 294 g/mol. The minimum atomic E-state index is -0.440. The van der Waals surface area contributed by atoms with E-state index in [9.17, 15) is 9.59 Å². The number of thiophene rings is 1. The Morgan fingerprint density at radius 3 is 2.80 bits per heavy atom. The number of aryl methyl sites for hydroxylation is 1. The van der Waals surface area contributed by atoms with E-state index in [1.165, 1.54) is 23.7 Å². The lowest BCUT2D eigenvalue weighted by atomic mass is 10.1. The molecule has 0 aliphatic rings. The van der Waals surface area contributed by atoms with Crippen molar-refractivity contribution in [2.24, 2.45) is 0 Å². The predicted molar refractivity (Wildman–Crippen MR) is 74.2 cm³/mol. The van der Waals surface area contributed by atoms with Crippen molar-refractivity contribution in [2.45, 2.75) is 20.8 Å². The lowest BCUT2D eigenvalue weighted by molar-refractivity contribution is 0.0527. The number of esters is 1. The van der Waals surface area contributed by atoms with E-state index in [1.54, 1.807) is 6.92 Å². The third kappa shape index (κ3) is 2.72. The number of ether oxygens (including phenoxy) is 1. The van der Waals surface area contributed by atoms with Gasteiger partial charge in [0.2, 0.25) is 0 Å². The number of hydrogen-bond acceptors (Lipinski definition) is 6. The Hall–Kier alpha value is -2.15. The molecule has 2 heterocycles. The average molecular weight is 294 g/mol. The van der Waals surface area contributed by atoms with Gasteiger partial charge in [-0.1, -0.05) is 5.16 Å². The Kier molecular flexibility index (Phi) is 4.19. The van der Waals surface area contributed by atoms with Crippen molar-refractivity contribution in [2.75, 3.05) is 11.9 Å². The number of nitrogens with one attached hydrogen (secondary N) is 1. The molecule has 106 valence electrons. The highest BCUT2D eigenvalue weighted by Crippen LogP contribution is 2.33. The molecule has 1 amide bonds. The summed E-state index contributed by atoms with van der Waals surface area (Å²) in [4.78, 5) is 24.9. The van der Waals surface area contributed by atoms with Gasteiger partial charge in [-0.05, 0) is 26.3 Å². The van der Waals surface area contributed by atoms with E-state index in [1.807, 2.05) is 13.8 Å². The fraction of sp³-hybridized carbons (Fsp3) is 0.308. The molecule has 0 fully saturated rings. The van der Waals surface area contributed by atoms with Crippen LogP contribution in [0.15, 0.2) is 16.9 Å². The van der Waals surface area contributed by atoms with Gasteiger partial charge in [-0.3, -0.25) is 4.79 Å². The van der Waals surface area contributed by atoms with Crippen LogP contribution in [-0.4, -0.2) is 23.6 Å². The van der Waals surface area contributed by atoms with Gasteiger partial charge in [0.15, 0.2) is 5.69 Å². The molecule has 1 N–H and O–H groups in total. The topological polar surface area (TPSA) is 81.4 Å². The molecular weight excluding hydrogens is 280 g/mol. The molecule has 7 heteroatoms. The lowest BCUT2D eigenvalue weighted by Gasteiger charge is -2.05. The molecule has 0 atom stereocenters. The van der Waals surface area contributed by atoms with Gasteiger partial charge in [0.1, 0.15) is 11.3 Å². The number of carbonyl (C=O) groups is 2. The maximum Gasteiger partial charge on any atom is 0.341 e. The van der Waals surface area contributed by atoms with E-state index in [2.05, 4.69) is 15.0 Å². The third-order valence-corrected chi connectivity index (χ3v) is 3.89. The fourth-order valence-electron chi connectivity index (χ4n) is 1.66. The molecule has 6 nitrogen and oxygen atoms in total. The summed E-state index contributed by atoms with van der Waals surface area (Å²) in [6, 6.07) is 1.45. The zero-order valence-electron chi connectivity index (χ0n) is 11.4. The zero-order chi connectivity index (χ0) is 14.7. The van der Waals surface area contributed by atoms with Crippen LogP contribution in [0.1, 0.15) is 38.2 Å². The third-order valence-electron chi connectivity index (χ3n) is 2.76. The molecule has 0 aliphatic carbocycles. The number of aromatic nitrogens is 1. The van der Waals surface area contributed by atoms with Crippen molar-refractivity contribution in [3.8, 4) is 0 Å². The van der Waals surface area contributed by atoms with Gasteiger partial charge in [-0.15, -0.1) is 11.3 Å². The molecule has 0 aromatic carbocycles. The van der Waals surface area contributed by atoms with Crippen molar-refractivity contribution < 1.29 is 18.8 Å². The number of carbonyl (C=O) groups excluding carboxylic acids is 2. The highest BCUT2D eigenvalue weighted by atomic mass is 32.1. The van der Waals surface area contributed by atoms with Crippen molar-refractivity contribution in [1.82, 2.24) is 5.16 Å². The molecule has 2 rings (SSSR count). The Bertz CT molecular complexity index is 631. The van der Waals surface area contributed by atoms with Crippen molar-refractivity contribution in [3.05, 3.63) is 34.0 Å². The van der Waals surface area contributed by atoms with Crippen LogP contribution in [0.4, 0.5) is 5.00 Å². The van der Waals surface area contributed by atoms with E-state index in [0.29, 0.717) is 10.6 Å². The quantitative estimate of drug-likeness (QED) is 0.877. The van der Waals surface area contributed by atoms with Gasteiger partial charge in [-0.25, -0.2) is 4.79 Å². The summed E-state index contributed by atoms with van der Waals surface area (Å²) in [6.07, 6.45) is 1.31. The number of nitrogens with zero attached hydrogens (tertiary/aromatic N) is 1. The molecule has 0 saturated heterocycles. The molecule has 0 radical (unpaired) electrons. The maximum absolute atomic E-state index is 12.0. The van der Waals surface area contributed by atoms with Crippen molar-refractivity contribution in [1.29, 1.82) is 0 Å². The summed E-state index contributed by atoms with van der Waals surface area (Å²) in [5.41, 5.74) is 1.36. The van der Waals surface area contributed by atoms with Gasteiger partial charge in [0, 0.05) is 10.9 Å². The first-order valence-electron chi connectivity index (χ1n) is 6.03. The first-order valence-corrected chi connectivity index (χ1v) is 6.85. The molecule has 20 heavy (non-hydrogen) atoms. The first-order chi connectivity index (χ1) is 9.54. The summed E-state index contributed by atoms with van der Waals surface area (Å²) in [5, 5.41) is 6.69. The lowest BCUT2D eigenvalue weighted by Crippen LogP contribution is -2.15. The summed E-state index contributed by atoms with van der Waals surface area (Å²) >= 11 is 1.33. The van der Waals surface area contributed by atoms with Crippen LogP contribution in [0.25, 0.3) is 0 Å². The van der Waals surface area contributed by atoms with Gasteiger partial charge in [0.25, 0.3) is 5.91 Å². The smallest absolute Gasteiger partial charge is 0.341 e. The predicted octanol–water partition coefficient (Wildman–Crippen LogP) is 2.78. The van der Waals surface area contributed by atoms with Gasteiger partial charge >= 0.3 is 5.97 Å². The molecule has 0 bridgehead atoms. The number of amides is 1. The SMILES string of the molecule is CCOC(=O)c1c(NC(=O)c2ccon2)sc(C)c1C. The zero-order valence-corrected chi connectivity index (χ0v) is 12.2. The van der Waals surface area contributed by atoms with Crippen LogP contribution in [0.5, 0.6) is 0 Å². The van der Waals surface area contributed by atoms with Crippen molar-refractivity contribution >= 4 is 28.2 Å². The highest BCUT2D eigenvalue weighted by Gasteiger charge is 2.22. The summed E-state index contributed by atoms with van der Waals surface area (Å²) in [5.74, 6) is -0.865. The number of rotatable bonds is 4. The van der Waals surface area contributed by atoms with Crippen LogP contribution in [0.3, 0.4) is 0 Å². The highest BCUT2D eigenvalue weighted by molar-refractivity contribution is 7.16. The fourth-order valence-corrected chi connectivity index (χ4v) is 2.70. The van der Waals surface area contributed by atoms with E-state index in [4.69, 9.17) is 4.74 Å². The van der Waals surface area contributed by atoms with Crippen LogP contribution in [0, 0.1) is 13.8 Å². The Morgan fingerprint density at radius 2 is 2.20 bits per heavy atom. The second-order valence-corrected chi connectivity index (χ2v) is 5.27. The number of hydrogen-bond donors (Lipinski definition) is 1. The second kappa shape index (κ2) is 5.87. The van der Waals surface area contributed by atoms with Gasteiger partial charge in [0.05, 0.1) is 12.2 Å². The van der Waals surface area contributed by atoms with Crippen LogP contribution in [-0.2, 0) is 4.74 Å². The number of anilines is 1. The van der Waals surface area contributed by atoms with Crippen LogP contribution >= 0.6 is 11.3 Å². The normalized spacial score (nSPS) is 10.3. The minimum Gasteiger partial charge on any atom is -0.462 e. The summed E-state index contributed by atoms with van der Waals surface area (Å²) in [7, 11) is 0. The van der Waals surface area contributed by atoms with Crippen molar-refractivity contribution in [3.63, 3.8) is 0 Å². The molecule has 0 saturated carbocycles. The Balaban J connectivity index is 2.30. The average Bonchev–Trinajstić information content (AvgIpc) is 3.00. The molecule has 2 aromatic heterocycles. The first kappa shape index (κ1) is 14.3. The molecule has 0 unspecified atom stereocenters. The Labute approximate surface area is 119 Å². The second-order valence-electron chi connectivity index (χ2n) is 4.05. The van der Waals surface area contributed by atoms with E-state index >= 15 is 0 Å².